The van der Waals surface area contributed by atoms with Crippen molar-refractivity contribution in [2.45, 2.75) is 34.1 Å². The normalized spacial score (nSPS) is 13.5. The lowest BCUT2D eigenvalue weighted by molar-refractivity contribution is -0.136. The monoisotopic (exact) mass is 310 g/mol. The molecule has 4 nitrogen and oxygen atoms in total. The highest BCUT2D eigenvalue weighted by Gasteiger charge is 2.26. The third kappa shape index (κ3) is 4.46. The molecule has 0 bridgehead atoms. The van der Waals surface area contributed by atoms with Crippen LogP contribution in [0.1, 0.15) is 13.3 Å². The van der Waals surface area contributed by atoms with Crippen molar-refractivity contribution in [3.05, 3.63) is 24.3 Å². The summed E-state index contributed by atoms with van der Waals surface area (Å²) in [5, 5.41) is 8.40. The molecular weight excluding hydrogens is 298 g/mol. The number of benzene rings is 1. The lowest BCUT2D eigenvalue weighted by atomic mass is 10.3. The molecule has 0 radical (unpaired) electrons. The molecule has 1 aromatic rings. The number of halogens is 2. The maximum absolute atomic E-state index is 12.3. The molecule has 0 saturated carbocycles. The van der Waals surface area contributed by atoms with Gasteiger partial charge in [-0.25, -0.2) is 8.42 Å². The minimum absolute atomic E-state index is 0.0399. The van der Waals surface area contributed by atoms with Crippen LogP contribution in [0, 0.1) is 0 Å². The fourth-order valence-electron chi connectivity index (χ4n) is 1.33. The fourth-order valence-corrected chi connectivity index (χ4v) is 3.04. The molecule has 1 unspecified atom stereocenters. The van der Waals surface area contributed by atoms with Crippen LogP contribution in [0.15, 0.2) is 34.1 Å². The topological polar surface area (TPSA) is 71.4 Å². The Hall–Kier alpha value is -1.15. The van der Waals surface area contributed by atoms with E-state index in [0.717, 1.165) is 12.1 Å². The van der Waals surface area contributed by atoms with E-state index in [0.29, 0.717) is 4.90 Å². The van der Waals surface area contributed by atoms with Gasteiger partial charge in [-0.3, -0.25) is 4.79 Å². The average molecular weight is 310 g/mol. The highest BCUT2D eigenvalue weighted by atomic mass is 32.2. The van der Waals surface area contributed by atoms with E-state index >= 15 is 0 Å². The summed E-state index contributed by atoms with van der Waals surface area (Å²) in [4.78, 5) is 10.7. The van der Waals surface area contributed by atoms with Gasteiger partial charge in [-0.15, -0.1) is 11.8 Å². The van der Waals surface area contributed by atoms with Gasteiger partial charge in [0.25, 0.3) is 0 Å². The van der Waals surface area contributed by atoms with Crippen LogP contribution in [0.25, 0.3) is 0 Å². The number of carbonyl (C=O) groups is 1. The third-order valence-electron chi connectivity index (χ3n) is 2.19. The van der Waals surface area contributed by atoms with Crippen molar-refractivity contribution in [2.75, 3.05) is 0 Å². The molecule has 19 heavy (non-hydrogen) atoms. The van der Waals surface area contributed by atoms with Crippen LogP contribution in [0.5, 0.6) is 0 Å². The second-order valence-corrected chi connectivity index (χ2v) is 7.23. The standard InChI is InChI=1S/C11H12F2O4S2/c1-7(6-10(14)15)18-8-2-4-9(5-3-8)19(16,17)11(12)13/h2-5,7,11H,6H2,1H3,(H,14,15). The van der Waals surface area contributed by atoms with E-state index in [1.165, 1.54) is 23.9 Å². The van der Waals surface area contributed by atoms with Crippen LogP contribution in [0.3, 0.4) is 0 Å². The summed E-state index contributed by atoms with van der Waals surface area (Å²) >= 11 is 1.24. The molecule has 0 heterocycles. The van der Waals surface area contributed by atoms with Gasteiger partial charge in [0.15, 0.2) is 0 Å². The summed E-state index contributed by atoms with van der Waals surface area (Å²) in [5.41, 5.74) is 0. The molecule has 0 aliphatic rings. The molecule has 106 valence electrons. The van der Waals surface area contributed by atoms with Crippen LogP contribution in [-0.4, -0.2) is 30.5 Å². The van der Waals surface area contributed by atoms with Gasteiger partial charge < -0.3 is 5.11 Å². The minimum atomic E-state index is -4.58. The zero-order valence-electron chi connectivity index (χ0n) is 9.92. The highest BCUT2D eigenvalue weighted by Crippen LogP contribution is 2.27. The highest BCUT2D eigenvalue weighted by molar-refractivity contribution is 8.00. The molecule has 0 aromatic heterocycles. The maximum atomic E-state index is 12.3. The molecule has 1 aromatic carbocycles. The molecule has 1 rings (SSSR count). The number of thioether (sulfide) groups is 1. The summed E-state index contributed by atoms with van der Waals surface area (Å²) in [5.74, 6) is -4.38. The summed E-state index contributed by atoms with van der Waals surface area (Å²) in [7, 11) is -4.58. The Morgan fingerprint density at radius 2 is 1.84 bits per heavy atom. The first-order valence-electron chi connectivity index (χ1n) is 5.24. The Labute approximate surface area is 113 Å². The second-order valence-electron chi connectivity index (χ2n) is 3.80. The zero-order chi connectivity index (χ0) is 14.6. The number of carboxylic acids is 1. The molecular formula is C11H12F2O4S2. The van der Waals surface area contributed by atoms with Crippen LogP contribution >= 0.6 is 11.8 Å². The number of aliphatic carboxylic acids is 1. The Kier molecular flexibility index (Phi) is 5.30. The van der Waals surface area contributed by atoms with Gasteiger partial charge in [0, 0.05) is 10.1 Å². The Morgan fingerprint density at radius 1 is 1.32 bits per heavy atom. The van der Waals surface area contributed by atoms with E-state index in [-0.39, 0.29) is 11.7 Å². The number of alkyl halides is 2. The van der Waals surface area contributed by atoms with Crippen molar-refractivity contribution < 1.29 is 27.1 Å². The molecule has 1 N–H and O–H groups in total. The number of hydrogen-bond acceptors (Lipinski definition) is 4. The van der Waals surface area contributed by atoms with Crippen molar-refractivity contribution in [3.63, 3.8) is 0 Å². The quantitative estimate of drug-likeness (QED) is 0.818. The van der Waals surface area contributed by atoms with E-state index in [9.17, 15) is 22.0 Å². The Bertz CT molecular complexity index is 540. The van der Waals surface area contributed by atoms with E-state index in [4.69, 9.17) is 5.11 Å². The first-order valence-corrected chi connectivity index (χ1v) is 7.66. The fraction of sp³-hybridized carbons (Fsp3) is 0.364. The van der Waals surface area contributed by atoms with Gasteiger partial charge in [-0.2, -0.15) is 8.78 Å². The molecule has 0 aliphatic carbocycles. The van der Waals surface area contributed by atoms with E-state index < -0.39 is 26.5 Å². The lowest BCUT2D eigenvalue weighted by Gasteiger charge is -2.09. The van der Waals surface area contributed by atoms with Gasteiger partial charge in [0.1, 0.15) is 0 Å². The van der Waals surface area contributed by atoms with Crippen LogP contribution < -0.4 is 0 Å². The first kappa shape index (κ1) is 15.9. The van der Waals surface area contributed by atoms with Gasteiger partial charge in [-0.1, -0.05) is 6.92 Å². The first-order chi connectivity index (χ1) is 8.73. The average Bonchev–Trinajstić information content (AvgIpc) is 2.28. The SMILES string of the molecule is CC(CC(=O)O)Sc1ccc(S(=O)(=O)C(F)F)cc1. The number of hydrogen-bond donors (Lipinski definition) is 1. The van der Waals surface area contributed by atoms with Crippen LogP contribution in [-0.2, 0) is 14.6 Å². The Morgan fingerprint density at radius 3 is 2.26 bits per heavy atom. The summed E-state index contributed by atoms with van der Waals surface area (Å²) in [6.07, 6.45) is -0.0399. The molecule has 0 saturated heterocycles. The number of rotatable bonds is 6. The van der Waals surface area contributed by atoms with Gasteiger partial charge in [0.05, 0.1) is 11.3 Å². The Balaban J connectivity index is 2.80. The summed E-state index contributed by atoms with van der Waals surface area (Å²) < 4.78 is 46.9. The van der Waals surface area contributed by atoms with Crippen molar-refractivity contribution in [2.24, 2.45) is 0 Å². The molecule has 1 atom stereocenters. The third-order valence-corrected chi connectivity index (χ3v) is 4.70. The molecule has 0 amide bonds. The zero-order valence-corrected chi connectivity index (χ0v) is 11.5. The van der Waals surface area contributed by atoms with E-state index in [2.05, 4.69) is 0 Å². The minimum Gasteiger partial charge on any atom is -0.481 e. The molecule has 0 spiro atoms. The number of carboxylic acid groups (broad SMARTS) is 1. The summed E-state index contributed by atoms with van der Waals surface area (Å²) in [6, 6.07) is 4.96. The molecule has 0 aliphatic heterocycles. The molecule has 8 heteroatoms. The van der Waals surface area contributed by atoms with E-state index in [1.807, 2.05) is 0 Å². The van der Waals surface area contributed by atoms with Crippen molar-refractivity contribution in [3.8, 4) is 0 Å². The number of sulfone groups is 1. The molecule has 0 fully saturated rings. The van der Waals surface area contributed by atoms with Crippen molar-refractivity contribution in [1.29, 1.82) is 0 Å². The van der Waals surface area contributed by atoms with Crippen molar-refractivity contribution >= 4 is 27.6 Å². The van der Waals surface area contributed by atoms with Gasteiger partial charge >= 0.3 is 11.7 Å². The largest absolute Gasteiger partial charge is 0.481 e. The van der Waals surface area contributed by atoms with Crippen molar-refractivity contribution in [1.82, 2.24) is 0 Å². The van der Waals surface area contributed by atoms with Gasteiger partial charge in [0.2, 0.25) is 9.84 Å². The van der Waals surface area contributed by atoms with Crippen LogP contribution in [0.2, 0.25) is 0 Å². The predicted octanol–water partition coefficient (Wildman–Crippen LogP) is 2.64. The smallest absolute Gasteiger partial charge is 0.341 e. The second kappa shape index (κ2) is 6.33. The predicted molar refractivity (Wildman–Crippen MR) is 67.2 cm³/mol. The van der Waals surface area contributed by atoms with Gasteiger partial charge in [-0.05, 0) is 24.3 Å². The van der Waals surface area contributed by atoms with E-state index in [1.54, 1.807) is 6.92 Å². The van der Waals surface area contributed by atoms with Crippen LogP contribution in [0.4, 0.5) is 8.78 Å². The maximum Gasteiger partial charge on any atom is 0.341 e. The summed E-state index contributed by atoms with van der Waals surface area (Å²) in [6.45, 7) is 1.71. The lowest BCUT2D eigenvalue weighted by Crippen LogP contribution is -2.11.